The van der Waals surface area contributed by atoms with E-state index in [0.717, 1.165) is 5.56 Å². The molecule has 3 aromatic carbocycles. The number of rotatable bonds is 6. The number of fused-ring (bicyclic) bond motifs is 1. The molecule has 1 heterocycles. The molecule has 3 aromatic rings. The van der Waals surface area contributed by atoms with Crippen LogP contribution in [0.5, 0.6) is 11.5 Å². The van der Waals surface area contributed by atoms with Gasteiger partial charge >= 0.3 is 0 Å². The van der Waals surface area contributed by atoms with Crippen LogP contribution < -0.4 is 19.5 Å². The van der Waals surface area contributed by atoms with E-state index >= 15 is 0 Å². The zero-order chi connectivity index (χ0) is 21.8. The predicted octanol–water partition coefficient (Wildman–Crippen LogP) is 3.75. The van der Waals surface area contributed by atoms with Gasteiger partial charge in [-0.15, -0.1) is 0 Å². The van der Waals surface area contributed by atoms with Crippen molar-refractivity contribution in [1.29, 1.82) is 0 Å². The van der Waals surface area contributed by atoms with Crippen molar-refractivity contribution >= 4 is 21.6 Å². The maximum absolute atomic E-state index is 12.7. The Morgan fingerprint density at radius 3 is 2.29 bits per heavy atom. The van der Waals surface area contributed by atoms with E-state index in [9.17, 15) is 13.2 Å². The maximum atomic E-state index is 12.7. The minimum atomic E-state index is -3.82. The van der Waals surface area contributed by atoms with Crippen LogP contribution >= 0.6 is 0 Å². The van der Waals surface area contributed by atoms with Gasteiger partial charge in [-0.2, -0.15) is 0 Å². The Morgan fingerprint density at radius 2 is 1.58 bits per heavy atom. The third-order valence-corrected chi connectivity index (χ3v) is 6.25. The van der Waals surface area contributed by atoms with Gasteiger partial charge in [0.15, 0.2) is 11.5 Å². The molecule has 1 amide bonds. The van der Waals surface area contributed by atoms with Gasteiger partial charge in [0.25, 0.3) is 15.9 Å². The molecule has 1 aliphatic rings. The van der Waals surface area contributed by atoms with E-state index in [1.54, 1.807) is 30.3 Å². The Kier molecular flexibility index (Phi) is 5.81. The Bertz CT molecular complexity index is 1180. The summed E-state index contributed by atoms with van der Waals surface area (Å²) in [5.74, 6) is 0.677. The molecule has 0 saturated heterocycles. The van der Waals surface area contributed by atoms with Crippen LogP contribution in [-0.2, 0) is 10.0 Å². The summed E-state index contributed by atoms with van der Waals surface area (Å²) in [4.78, 5) is 12.6. The lowest BCUT2D eigenvalue weighted by atomic mass is 10.1. The second-order valence-corrected chi connectivity index (χ2v) is 8.78. The number of sulfonamides is 1. The fraction of sp³-hybridized carbons (Fsp3) is 0.174. The van der Waals surface area contributed by atoms with Gasteiger partial charge in [-0.25, -0.2) is 8.42 Å². The molecule has 31 heavy (non-hydrogen) atoms. The van der Waals surface area contributed by atoms with Crippen LogP contribution in [0.4, 0.5) is 5.69 Å². The largest absolute Gasteiger partial charge is 0.486 e. The molecule has 0 unspecified atom stereocenters. The van der Waals surface area contributed by atoms with E-state index in [1.807, 2.05) is 37.3 Å². The monoisotopic (exact) mass is 438 g/mol. The average Bonchev–Trinajstić information content (AvgIpc) is 2.79. The van der Waals surface area contributed by atoms with Crippen molar-refractivity contribution < 1.29 is 22.7 Å². The van der Waals surface area contributed by atoms with Crippen molar-refractivity contribution in [1.82, 2.24) is 5.32 Å². The van der Waals surface area contributed by atoms with Crippen molar-refractivity contribution in [3.63, 3.8) is 0 Å². The van der Waals surface area contributed by atoms with Gasteiger partial charge in [-0.3, -0.25) is 9.52 Å². The van der Waals surface area contributed by atoms with E-state index in [-0.39, 0.29) is 16.8 Å². The summed E-state index contributed by atoms with van der Waals surface area (Å²) in [5, 5.41) is 2.93. The van der Waals surface area contributed by atoms with Crippen molar-refractivity contribution in [2.45, 2.75) is 17.9 Å². The topological polar surface area (TPSA) is 93.7 Å². The second kappa shape index (κ2) is 8.69. The van der Waals surface area contributed by atoms with E-state index in [2.05, 4.69) is 10.0 Å². The lowest BCUT2D eigenvalue weighted by Crippen LogP contribution is -2.26. The van der Waals surface area contributed by atoms with Crippen LogP contribution in [0.15, 0.2) is 77.7 Å². The fourth-order valence-corrected chi connectivity index (χ4v) is 4.27. The summed E-state index contributed by atoms with van der Waals surface area (Å²) in [6.45, 7) is 2.71. The number of hydrogen-bond acceptors (Lipinski definition) is 5. The number of benzene rings is 3. The highest BCUT2D eigenvalue weighted by molar-refractivity contribution is 7.92. The number of hydrogen-bond donors (Lipinski definition) is 2. The molecule has 7 nitrogen and oxygen atoms in total. The summed E-state index contributed by atoms with van der Waals surface area (Å²) < 4.78 is 38.8. The predicted molar refractivity (Wildman–Crippen MR) is 117 cm³/mol. The number of carbonyl (C=O) groups is 1. The van der Waals surface area contributed by atoms with Crippen molar-refractivity contribution in [2.75, 3.05) is 17.9 Å². The standard InChI is InChI=1S/C23H22N2O5S/c1-16(17-5-3-2-4-6-17)24-23(26)18-7-9-19(10-8-18)25-31(27,28)20-11-12-21-22(15-20)30-14-13-29-21/h2-12,15-16,25H,13-14H2,1H3,(H,24,26)/t16-/m0/s1. The Morgan fingerprint density at radius 1 is 0.903 bits per heavy atom. The zero-order valence-electron chi connectivity index (χ0n) is 16.9. The molecule has 0 spiro atoms. The first-order valence-corrected chi connectivity index (χ1v) is 11.3. The highest BCUT2D eigenvalue weighted by atomic mass is 32.2. The zero-order valence-corrected chi connectivity index (χ0v) is 17.7. The lowest BCUT2D eigenvalue weighted by molar-refractivity contribution is 0.0940. The number of carbonyl (C=O) groups excluding carboxylic acids is 1. The highest BCUT2D eigenvalue weighted by Crippen LogP contribution is 2.32. The first kappa shape index (κ1) is 20.7. The smallest absolute Gasteiger partial charge is 0.262 e. The molecular formula is C23H22N2O5S. The minimum Gasteiger partial charge on any atom is -0.486 e. The third-order valence-electron chi connectivity index (χ3n) is 4.87. The SMILES string of the molecule is C[C@H](NC(=O)c1ccc(NS(=O)(=O)c2ccc3c(c2)OCCO3)cc1)c1ccccc1. The van der Waals surface area contributed by atoms with Crippen LogP contribution in [-0.4, -0.2) is 27.5 Å². The van der Waals surface area contributed by atoms with Crippen molar-refractivity contribution in [3.8, 4) is 11.5 Å². The summed E-state index contributed by atoms with van der Waals surface area (Å²) in [6.07, 6.45) is 0. The van der Waals surface area contributed by atoms with Gasteiger partial charge in [-0.05, 0) is 48.9 Å². The average molecular weight is 439 g/mol. The van der Waals surface area contributed by atoms with Crippen LogP contribution in [0, 0.1) is 0 Å². The fourth-order valence-electron chi connectivity index (χ4n) is 3.20. The number of ether oxygens (including phenoxy) is 2. The first-order chi connectivity index (χ1) is 14.9. The Balaban J connectivity index is 1.44. The van der Waals surface area contributed by atoms with Gasteiger partial charge in [0.1, 0.15) is 13.2 Å². The number of amides is 1. The minimum absolute atomic E-state index is 0.0651. The quantitative estimate of drug-likeness (QED) is 0.611. The molecule has 160 valence electrons. The van der Waals surface area contributed by atoms with E-state index in [4.69, 9.17) is 9.47 Å². The normalized spacial score (nSPS) is 13.8. The van der Waals surface area contributed by atoms with Gasteiger partial charge in [0.2, 0.25) is 0 Å². The molecule has 0 bridgehead atoms. The van der Waals surface area contributed by atoms with Gasteiger partial charge in [0, 0.05) is 17.3 Å². The summed E-state index contributed by atoms with van der Waals surface area (Å²) in [5.41, 5.74) is 1.78. The van der Waals surface area contributed by atoms with Gasteiger partial charge < -0.3 is 14.8 Å². The molecule has 4 rings (SSSR count). The van der Waals surface area contributed by atoms with E-state index in [0.29, 0.717) is 36.0 Å². The summed E-state index contributed by atoms with van der Waals surface area (Å²) in [7, 11) is -3.82. The summed E-state index contributed by atoms with van der Waals surface area (Å²) in [6, 6.07) is 20.2. The number of nitrogens with one attached hydrogen (secondary N) is 2. The van der Waals surface area contributed by atoms with Crippen LogP contribution in [0.2, 0.25) is 0 Å². The third kappa shape index (κ3) is 4.80. The molecule has 8 heteroatoms. The summed E-state index contributed by atoms with van der Waals surface area (Å²) >= 11 is 0. The van der Waals surface area contributed by atoms with Crippen molar-refractivity contribution in [3.05, 3.63) is 83.9 Å². The molecule has 2 N–H and O–H groups in total. The molecular weight excluding hydrogens is 416 g/mol. The molecule has 0 saturated carbocycles. The molecule has 0 aliphatic carbocycles. The highest BCUT2D eigenvalue weighted by Gasteiger charge is 2.20. The second-order valence-electron chi connectivity index (χ2n) is 7.09. The maximum Gasteiger partial charge on any atom is 0.262 e. The van der Waals surface area contributed by atoms with Gasteiger partial charge in [0.05, 0.1) is 10.9 Å². The first-order valence-electron chi connectivity index (χ1n) is 9.81. The molecule has 0 radical (unpaired) electrons. The molecule has 1 aliphatic heterocycles. The number of anilines is 1. The van der Waals surface area contributed by atoms with E-state index < -0.39 is 10.0 Å². The van der Waals surface area contributed by atoms with Crippen LogP contribution in [0.25, 0.3) is 0 Å². The molecule has 1 atom stereocenters. The molecule has 0 fully saturated rings. The van der Waals surface area contributed by atoms with Crippen LogP contribution in [0.1, 0.15) is 28.9 Å². The Labute approximate surface area is 181 Å². The Hall–Kier alpha value is -3.52. The van der Waals surface area contributed by atoms with E-state index in [1.165, 1.54) is 12.1 Å². The van der Waals surface area contributed by atoms with Crippen molar-refractivity contribution in [2.24, 2.45) is 0 Å². The molecule has 0 aromatic heterocycles. The lowest BCUT2D eigenvalue weighted by Gasteiger charge is -2.19. The van der Waals surface area contributed by atoms with Crippen LogP contribution in [0.3, 0.4) is 0 Å². The van der Waals surface area contributed by atoms with Gasteiger partial charge in [-0.1, -0.05) is 30.3 Å².